The molecule has 0 aliphatic carbocycles. The summed E-state index contributed by atoms with van der Waals surface area (Å²) >= 11 is 0. The van der Waals surface area contributed by atoms with Gasteiger partial charge < -0.3 is 20.6 Å². The molecular formula is C10H11NO5. The number of dihydropyridines is 1. The molecule has 0 saturated heterocycles. The van der Waals surface area contributed by atoms with E-state index in [4.69, 9.17) is 10.2 Å². The number of aliphatic carboxylic acids is 2. The third-order valence-corrected chi connectivity index (χ3v) is 2.15. The number of nitrogens with one attached hydrogen (secondary N) is 1. The summed E-state index contributed by atoms with van der Waals surface area (Å²) in [6.07, 6.45) is 0.928. The van der Waals surface area contributed by atoms with Gasteiger partial charge in [-0.2, -0.15) is 0 Å². The lowest BCUT2D eigenvalue weighted by Crippen LogP contribution is -2.28. The average Bonchev–Trinajstić information content (AvgIpc) is 2.26. The lowest BCUT2D eigenvalue weighted by atomic mass is 9.98. The number of aliphatic hydroxyl groups is 1. The van der Waals surface area contributed by atoms with Crippen LogP contribution in [0.3, 0.4) is 0 Å². The minimum absolute atomic E-state index is 0.0486. The van der Waals surface area contributed by atoms with Gasteiger partial charge in [-0.25, -0.2) is 9.59 Å². The standard InChI is InChI=1S/C10H11NO5/c1-2-7(12)8-6(10(15)16)3-5(4-11-8)9(13)14/h2,4,7,11-12H,1,3H2,(H,13,14)(H,15,16). The van der Waals surface area contributed by atoms with E-state index in [0.717, 1.165) is 12.3 Å². The Labute approximate surface area is 91.2 Å². The summed E-state index contributed by atoms with van der Waals surface area (Å²) < 4.78 is 0. The van der Waals surface area contributed by atoms with E-state index in [1.54, 1.807) is 0 Å². The van der Waals surface area contributed by atoms with Crippen LogP contribution in [0, 0.1) is 0 Å². The van der Waals surface area contributed by atoms with Gasteiger partial charge in [0.15, 0.2) is 0 Å². The molecule has 6 heteroatoms. The number of carboxylic acids is 2. The molecule has 0 aromatic rings. The highest BCUT2D eigenvalue weighted by Crippen LogP contribution is 2.21. The van der Waals surface area contributed by atoms with Crippen molar-refractivity contribution in [2.75, 3.05) is 0 Å². The number of hydrogen-bond donors (Lipinski definition) is 4. The van der Waals surface area contributed by atoms with Gasteiger partial charge in [0.1, 0.15) is 6.10 Å². The summed E-state index contributed by atoms with van der Waals surface area (Å²) in [7, 11) is 0. The molecule has 0 fully saturated rings. The number of carbonyl (C=O) groups is 2. The molecular weight excluding hydrogens is 214 g/mol. The molecule has 86 valence electrons. The molecule has 6 nitrogen and oxygen atoms in total. The summed E-state index contributed by atoms with van der Waals surface area (Å²) in [5.41, 5.74) is -0.197. The number of aliphatic hydroxyl groups excluding tert-OH is 1. The molecule has 1 aliphatic heterocycles. The van der Waals surface area contributed by atoms with E-state index in [-0.39, 0.29) is 23.3 Å². The average molecular weight is 225 g/mol. The van der Waals surface area contributed by atoms with Gasteiger partial charge >= 0.3 is 11.9 Å². The fourth-order valence-electron chi connectivity index (χ4n) is 1.30. The van der Waals surface area contributed by atoms with E-state index < -0.39 is 18.0 Å². The van der Waals surface area contributed by atoms with E-state index in [2.05, 4.69) is 11.9 Å². The van der Waals surface area contributed by atoms with Crippen LogP contribution in [-0.4, -0.2) is 33.4 Å². The maximum absolute atomic E-state index is 10.9. The first-order valence-electron chi connectivity index (χ1n) is 4.43. The molecule has 0 bridgehead atoms. The van der Waals surface area contributed by atoms with Crippen molar-refractivity contribution in [3.8, 4) is 0 Å². The molecule has 1 atom stereocenters. The molecule has 16 heavy (non-hydrogen) atoms. The van der Waals surface area contributed by atoms with E-state index in [1.807, 2.05) is 0 Å². The smallest absolute Gasteiger partial charge is 0.333 e. The highest BCUT2D eigenvalue weighted by atomic mass is 16.4. The third-order valence-electron chi connectivity index (χ3n) is 2.15. The molecule has 0 radical (unpaired) electrons. The lowest BCUT2D eigenvalue weighted by molar-refractivity contribution is -0.133. The molecule has 1 unspecified atom stereocenters. The summed E-state index contributed by atoms with van der Waals surface area (Å²) in [5.74, 6) is -2.46. The Morgan fingerprint density at radius 1 is 1.44 bits per heavy atom. The molecule has 0 spiro atoms. The van der Waals surface area contributed by atoms with Crippen LogP contribution in [0.1, 0.15) is 6.42 Å². The molecule has 1 aliphatic rings. The highest BCUT2D eigenvalue weighted by molar-refractivity contribution is 5.94. The third kappa shape index (κ3) is 2.29. The zero-order valence-electron chi connectivity index (χ0n) is 8.30. The summed E-state index contributed by atoms with van der Waals surface area (Å²) in [5, 5.41) is 29.5. The van der Waals surface area contributed by atoms with Gasteiger partial charge in [0, 0.05) is 12.6 Å². The van der Waals surface area contributed by atoms with E-state index in [9.17, 15) is 14.7 Å². The Morgan fingerprint density at radius 3 is 2.50 bits per heavy atom. The van der Waals surface area contributed by atoms with Gasteiger partial charge in [0.2, 0.25) is 0 Å². The first kappa shape index (κ1) is 12.0. The minimum Gasteiger partial charge on any atom is -0.478 e. The quantitative estimate of drug-likeness (QED) is 0.495. The van der Waals surface area contributed by atoms with Crippen molar-refractivity contribution in [1.29, 1.82) is 0 Å². The van der Waals surface area contributed by atoms with Crippen molar-refractivity contribution in [2.45, 2.75) is 12.5 Å². The number of carboxylic acid groups (broad SMARTS) is 2. The van der Waals surface area contributed by atoms with Gasteiger partial charge in [-0.15, -0.1) is 6.58 Å². The second-order valence-electron chi connectivity index (χ2n) is 3.17. The fourth-order valence-corrected chi connectivity index (χ4v) is 1.30. The van der Waals surface area contributed by atoms with E-state index in [0.29, 0.717) is 0 Å². The van der Waals surface area contributed by atoms with Gasteiger partial charge in [-0.3, -0.25) is 0 Å². The summed E-state index contributed by atoms with van der Waals surface area (Å²) in [6, 6.07) is 0. The first-order chi connectivity index (χ1) is 7.47. The van der Waals surface area contributed by atoms with Crippen LogP contribution < -0.4 is 5.32 Å². The van der Waals surface area contributed by atoms with Gasteiger partial charge in [0.05, 0.1) is 16.8 Å². The Bertz CT molecular complexity index is 407. The zero-order valence-corrected chi connectivity index (χ0v) is 8.30. The van der Waals surface area contributed by atoms with Crippen molar-refractivity contribution in [2.24, 2.45) is 0 Å². The monoisotopic (exact) mass is 225 g/mol. The van der Waals surface area contributed by atoms with Crippen molar-refractivity contribution in [3.05, 3.63) is 35.7 Å². The predicted octanol–water partition coefficient (Wildman–Crippen LogP) is -0.166. The van der Waals surface area contributed by atoms with Crippen molar-refractivity contribution in [3.63, 3.8) is 0 Å². The van der Waals surface area contributed by atoms with Gasteiger partial charge in [0.25, 0.3) is 0 Å². The van der Waals surface area contributed by atoms with E-state index in [1.165, 1.54) is 0 Å². The second-order valence-corrected chi connectivity index (χ2v) is 3.17. The predicted molar refractivity (Wildman–Crippen MR) is 54.3 cm³/mol. The Balaban J connectivity index is 3.05. The topological polar surface area (TPSA) is 107 Å². The van der Waals surface area contributed by atoms with Crippen LogP contribution in [0.15, 0.2) is 35.7 Å². The SMILES string of the molecule is C=CC(O)C1=C(C(=O)O)CC(C(=O)O)=CN1. The molecule has 1 heterocycles. The molecule has 0 amide bonds. The summed E-state index contributed by atoms with van der Waals surface area (Å²) in [4.78, 5) is 21.6. The largest absolute Gasteiger partial charge is 0.478 e. The van der Waals surface area contributed by atoms with Crippen LogP contribution in [0.2, 0.25) is 0 Å². The maximum atomic E-state index is 10.9. The lowest BCUT2D eigenvalue weighted by Gasteiger charge is -2.20. The fraction of sp³-hybridized carbons (Fsp3) is 0.200. The van der Waals surface area contributed by atoms with Crippen LogP contribution in [0.5, 0.6) is 0 Å². The molecule has 4 N–H and O–H groups in total. The first-order valence-corrected chi connectivity index (χ1v) is 4.43. The Morgan fingerprint density at radius 2 is 2.06 bits per heavy atom. The van der Waals surface area contributed by atoms with Crippen LogP contribution in [0.25, 0.3) is 0 Å². The minimum atomic E-state index is -1.27. The second kappa shape index (κ2) is 4.63. The summed E-state index contributed by atoms with van der Waals surface area (Å²) in [6.45, 7) is 3.33. The Kier molecular flexibility index (Phi) is 3.47. The van der Waals surface area contributed by atoms with Crippen molar-refractivity contribution < 1.29 is 24.9 Å². The van der Waals surface area contributed by atoms with Gasteiger partial charge in [-0.05, 0) is 0 Å². The highest BCUT2D eigenvalue weighted by Gasteiger charge is 2.25. The van der Waals surface area contributed by atoms with Crippen molar-refractivity contribution >= 4 is 11.9 Å². The van der Waals surface area contributed by atoms with Gasteiger partial charge in [-0.1, -0.05) is 6.08 Å². The molecule has 0 aromatic heterocycles. The normalized spacial score (nSPS) is 17.2. The Hall–Kier alpha value is -2.08. The number of rotatable bonds is 4. The molecule has 1 rings (SSSR count). The van der Waals surface area contributed by atoms with E-state index >= 15 is 0 Å². The number of hydrogen-bond acceptors (Lipinski definition) is 4. The van der Waals surface area contributed by atoms with Crippen LogP contribution in [0.4, 0.5) is 0 Å². The van der Waals surface area contributed by atoms with Crippen molar-refractivity contribution in [1.82, 2.24) is 5.32 Å². The van der Waals surface area contributed by atoms with Crippen LogP contribution in [-0.2, 0) is 9.59 Å². The maximum Gasteiger partial charge on any atom is 0.333 e. The molecule has 0 aromatic carbocycles. The zero-order chi connectivity index (χ0) is 12.3. The van der Waals surface area contributed by atoms with Crippen LogP contribution >= 0.6 is 0 Å². The molecule has 0 saturated carbocycles.